The Bertz CT molecular complexity index is 342. The Hall–Kier alpha value is -2.31. The van der Waals surface area contributed by atoms with E-state index in [1.54, 1.807) is 12.1 Å². The van der Waals surface area contributed by atoms with E-state index in [2.05, 4.69) is 25.6 Å². The van der Waals surface area contributed by atoms with Crippen LogP contribution in [0.2, 0.25) is 0 Å². The standard InChI is InChI=1S/C6H6N2O.CH2N4/c7-6(9)5-1-3-8-4-2-5;1-2-4-5-3-1/h1-4H,(H2,7,9);1H,(H,2,3,4,5). The first-order valence-corrected chi connectivity index (χ1v) is 3.67. The van der Waals surface area contributed by atoms with Gasteiger partial charge in [-0.25, -0.2) is 0 Å². The van der Waals surface area contributed by atoms with Crippen molar-refractivity contribution >= 4 is 5.91 Å². The molecule has 0 aliphatic rings. The number of pyridine rings is 1. The number of carbonyl (C=O) groups is 1. The van der Waals surface area contributed by atoms with Crippen molar-refractivity contribution in [3.05, 3.63) is 36.4 Å². The van der Waals surface area contributed by atoms with Gasteiger partial charge in [0, 0.05) is 18.0 Å². The van der Waals surface area contributed by atoms with Crippen molar-refractivity contribution < 1.29 is 4.79 Å². The average Bonchev–Trinajstić information content (AvgIpc) is 2.77. The largest absolute Gasteiger partial charge is 0.366 e. The van der Waals surface area contributed by atoms with Gasteiger partial charge in [0.2, 0.25) is 5.91 Å². The number of hydrogen-bond acceptors (Lipinski definition) is 5. The summed E-state index contributed by atoms with van der Waals surface area (Å²) in [4.78, 5) is 14.1. The zero-order valence-corrected chi connectivity index (χ0v) is 7.16. The molecule has 0 atom stereocenters. The molecule has 0 unspecified atom stereocenters. The van der Waals surface area contributed by atoms with Crippen LogP contribution in [0, 0.1) is 0 Å². The number of nitrogens with one attached hydrogen (secondary N) is 1. The summed E-state index contributed by atoms with van der Waals surface area (Å²) in [6.07, 6.45) is 4.39. The van der Waals surface area contributed by atoms with E-state index in [9.17, 15) is 4.79 Å². The van der Waals surface area contributed by atoms with Crippen LogP contribution in [0.1, 0.15) is 10.4 Å². The van der Waals surface area contributed by atoms with Crippen LogP contribution in [0.4, 0.5) is 0 Å². The summed E-state index contributed by atoms with van der Waals surface area (Å²) in [5, 5.41) is 12.2. The first-order valence-electron chi connectivity index (χ1n) is 3.67. The molecule has 7 nitrogen and oxygen atoms in total. The van der Waals surface area contributed by atoms with Crippen molar-refractivity contribution in [2.24, 2.45) is 5.73 Å². The maximum Gasteiger partial charge on any atom is 0.248 e. The number of nitrogens with zero attached hydrogens (tertiary/aromatic N) is 4. The summed E-state index contributed by atoms with van der Waals surface area (Å²) in [7, 11) is 0. The molecule has 1 amide bonds. The monoisotopic (exact) mass is 192 g/mol. The van der Waals surface area contributed by atoms with E-state index in [0.717, 1.165) is 0 Å². The molecule has 0 aromatic carbocycles. The molecule has 72 valence electrons. The highest BCUT2D eigenvalue weighted by Crippen LogP contribution is 1.91. The van der Waals surface area contributed by atoms with Gasteiger partial charge in [-0.05, 0) is 12.1 Å². The van der Waals surface area contributed by atoms with Gasteiger partial charge in [-0.2, -0.15) is 5.21 Å². The van der Waals surface area contributed by atoms with Crippen LogP contribution in [0.3, 0.4) is 0 Å². The van der Waals surface area contributed by atoms with Crippen LogP contribution in [0.25, 0.3) is 0 Å². The fourth-order valence-electron chi connectivity index (χ4n) is 0.645. The lowest BCUT2D eigenvalue weighted by atomic mass is 10.3. The molecule has 0 spiro atoms. The van der Waals surface area contributed by atoms with E-state index in [4.69, 9.17) is 5.73 Å². The van der Waals surface area contributed by atoms with Crippen molar-refractivity contribution in [1.29, 1.82) is 0 Å². The molecule has 2 rings (SSSR count). The Morgan fingerprint density at radius 3 is 2.36 bits per heavy atom. The third kappa shape index (κ3) is 3.39. The number of H-pyrrole nitrogens is 1. The van der Waals surface area contributed by atoms with Crippen LogP contribution in [-0.2, 0) is 0 Å². The van der Waals surface area contributed by atoms with Gasteiger partial charge in [0.25, 0.3) is 0 Å². The predicted molar refractivity (Wildman–Crippen MR) is 46.9 cm³/mol. The van der Waals surface area contributed by atoms with Gasteiger partial charge in [0.1, 0.15) is 0 Å². The summed E-state index contributed by atoms with van der Waals surface area (Å²) in [6, 6.07) is 3.14. The number of carbonyl (C=O) groups excluding carboxylic acids is 1. The zero-order valence-electron chi connectivity index (χ0n) is 7.16. The van der Waals surface area contributed by atoms with E-state index in [1.807, 2.05) is 0 Å². The van der Waals surface area contributed by atoms with Crippen molar-refractivity contribution in [1.82, 2.24) is 25.6 Å². The number of primary amides is 1. The number of aromatic nitrogens is 5. The van der Waals surface area contributed by atoms with Gasteiger partial charge < -0.3 is 5.73 Å². The maximum absolute atomic E-state index is 10.4. The molecular weight excluding hydrogens is 184 g/mol. The zero-order chi connectivity index (χ0) is 10.2. The average molecular weight is 192 g/mol. The summed E-state index contributed by atoms with van der Waals surface area (Å²) in [5.74, 6) is -0.419. The van der Waals surface area contributed by atoms with E-state index in [-0.39, 0.29) is 0 Å². The fraction of sp³-hybridized carbons (Fsp3) is 0. The minimum atomic E-state index is -0.419. The minimum absolute atomic E-state index is 0.419. The molecule has 0 aliphatic heterocycles. The van der Waals surface area contributed by atoms with E-state index < -0.39 is 5.91 Å². The highest BCUT2D eigenvalue weighted by Gasteiger charge is 1.94. The first-order chi connectivity index (χ1) is 6.80. The van der Waals surface area contributed by atoms with Crippen LogP contribution in [0.15, 0.2) is 30.9 Å². The number of rotatable bonds is 1. The number of nitrogens with two attached hydrogens (primary N) is 1. The number of amides is 1. The second-order valence-corrected chi connectivity index (χ2v) is 2.16. The molecule has 0 fully saturated rings. The topological polar surface area (TPSA) is 110 Å². The van der Waals surface area contributed by atoms with Gasteiger partial charge in [-0.15, -0.1) is 10.2 Å². The Kier molecular flexibility index (Phi) is 3.74. The SMILES string of the molecule is NC(=O)c1ccncc1.c1nn[nH]n1. The van der Waals surface area contributed by atoms with Crippen molar-refractivity contribution in [2.45, 2.75) is 0 Å². The molecule has 0 saturated heterocycles. The summed E-state index contributed by atoms with van der Waals surface area (Å²) in [5.41, 5.74) is 5.44. The maximum atomic E-state index is 10.4. The van der Waals surface area contributed by atoms with E-state index in [1.165, 1.54) is 18.7 Å². The third-order valence-electron chi connectivity index (χ3n) is 1.23. The summed E-state index contributed by atoms with van der Waals surface area (Å²) >= 11 is 0. The van der Waals surface area contributed by atoms with Crippen LogP contribution in [0.5, 0.6) is 0 Å². The molecule has 0 saturated carbocycles. The van der Waals surface area contributed by atoms with Gasteiger partial charge in [0.05, 0.1) is 0 Å². The lowest BCUT2D eigenvalue weighted by molar-refractivity contribution is 0.1000. The summed E-state index contributed by atoms with van der Waals surface area (Å²) < 4.78 is 0. The third-order valence-corrected chi connectivity index (χ3v) is 1.23. The highest BCUT2D eigenvalue weighted by molar-refractivity contribution is 5.92. The second-order valence-electron chi connectivity index (χ2n) is 2.16. The van der Waals surface area contributed by atoms with Gasteiger partial charge in [0.15, 0.2) is 6.33 Å². The van der Waals surface area contributed by atoms with Crippen molar-refractivity contribution in [2.75, 3.05) is 0 Å². The summed E-state index contributed by atoms with van der Waals surface area (Å²) in [6.45, 7) is 0. The van der Waals surface area contributed by atoms with Crippen LogP contribution in [-0.4, -0.2) is 31.5 Å². The molecule has 2 aromatic heterocycles. The van der Waals surface area contributed by atoms with E-state index in [0.29, 0.717) is 5.56 Å². The lowest BCUT2D eigenvalue weighted by Gasteiger charge is -1.88. The molecule has 2 aromatic rings. The minimum Gasteiger partial charge on any atom is -0.366 e. The molecule has 0 radical (unpaired) electrons. The van der Waals surface area contributed by atoms with Crippen molar-refractivity contribution in [3.8, 4) is 0 Å². The normalized spacial score (nSPS) is 8.57. The molecule has 3 N–H and O–H groups in total. The molecule has 7 heteroatoms. The Morgan fingerprint density at radius 1 is 1.36 bits per heavy atom. The predicted octanol–water partition coefficient (Wildman–Crippen LogP) is -0.620. The molecule has 14 heavy (non-hydrogen) atoms. The molecule has 0 bridgehead atoms. The highest BCUT2D eigenvalue weighted by atomic mass is 16.1. The van der Waals surface area contributed by atoms with E-state index >= 15 is 0 Å². The van der Waals surface area contributed by atoms with Crippen molar-refractivity contribution in [3.63, 3.8) is 0 Å². The van der Waals surface area contributed by atoms with Crippen LogP contribution >= 0.6 is 0 Å². The second kappa shape index (κ2) is 5.36. The van der Waals surface area contributed by atoms with Gasteiger partial charge in [-0.3, -0.25) is 9.78 Å². The molecule has 2 heterocycles. The number of tetrazole rings is 1. The molecular formula is C7H8N6O. The quantitative estimate of drug-likeness (QED) is 0.625. The van der Waals surface area contributed by atoms with Crippen LogP contribution < -0.4 is 5.73 Å². The first kappa shape index (κ1) is 9.78. The Labute approximate surface area is 79.4 Å². The number of aromatic amines is 1. The lowest BCUT2D eigenvalue weighted by Crippen LogP contribution is -2.10. The molecule has 0 aliphatic carbocycles. The fourth-order valence-corrected chi connectivity index (χ4v) is 0.645. The Morgan fingerprint density at radius 2 is 2.07 bits per heavy atom. The Balaban J connectivity index is 0.000000165. The number of hydrogen-bond donors (Lipinski definition) is 2. The van der Waals surface area contributed by atoms with Gasteiger partial charge >= 0.3 is 0 Å². The van der Waals surface area contributed by atoms with Gasteiger partial charge in [-0.1, -0.05) is 5.21 Å². The smallest absolute Gasteiger partial charge is 0.248 e.